The van der Waals surface area contributed by atoms with E-state index in [0.29, 0.717) is 12.8 Å². The van der Waals surface area contributed by atoms with Gasteiger partial charge in [0.05, 0.1) is 0 Å². The van der Waals surface area contributed by atoms with Crippen LogP contribution in [0.15, 0.2) is 0 Å². The van der Waals surface area contributed by atoms with E-state index >= 15 is 0 Å². The van der Waals surface area contributed by atoms with Crippen LogP contribution in [0.1, 0.15) is 33.1 Å². The Morgan fingerprint density at radius 1 is 1.60 bits per heavy atom. The van der Waals surface area contributed by atoms with Gasteiger partial charge in [-0.2, -0.15) is 0 Å². The predicted octanol–water partition coefficient (Wildman–Crippen LogP) is 1.58. The molecule has 0 rings (SSSR count). The third kappa shape index (κ3) is 3.38. The van der Waals surface area contributed by atoms with Gasteiger partial charge in [-0.3, -0.25) is 4.79 Å². The fraction of sp³-hybridized carbons (Fsp3) is 0.750. The summed E-state index contributed by atoms with van der Waals surface area (Å²) in [7, 11) is 0. The maximum Gasteiger partial charge on any atom is 0.136 e. The zero-order valence-corrected chi connectivity index (χ0v) is 6.59. The molecular weight excluding hydrogens is 128 g/mol. The minimum absolute atomic E-state index is 0.125. The summed E-state index contributed by atoms with van der Waals surface area (Å²) in [6.45, 7) is 3.87. The van der Waals surface area contributed by atoms with Gasteiger partial charge in [0, 0.05) is 18.8 Å². The quantitative estimate of drug-likeness (QED) is 0.546. The van der Waals surface area contributed by atoms with Gasteiger partial charge in [0.15, 0.2) is 0 Å². The van der Waals surface area contributed by atoms with Crippen molar-refractivity contribution in [3.05, 3.63) is 0 Å². The van der Waals surface area contributed by atoms with Gasteiger partial charge in [-0.1, -0.05) is 13.8 Å². The molecule has 2 nitrogen and oxygen atoms in total. The number of Topliss-reactive ketones (excluding diaryl/α,β-unsaturated/α-hetero) is 1. The first-order valence-corrected chi connectivity index (χ1v) is 3.68. The Morgan fingerprint density at radius 2 is 2.20 bits per heavy atom. The minimum atomic E-state index is 0.125. The lowest BCUT2D eigenvalue weighted by molar-refractivity contribution is -0.123. The monoisotopic (exact) mass is 142 g/mol. The van der Waals surface area contributed by atoms with Crippen molar-refractivity contribution in [1.29, 1.82) is 0 Å². The minimum Gasteiger partial charge on any atom is -0.303 e. The molecule has 0 N–H and O–H groups in total. The predicted molar refractivity (Wildman–Crippen MR) is 39.8 cm³/mol. The van der Waals surface area contributed by atoms with Crippen molar-refractivity contribution in [2.75, 3.05) is 0 Å². The van der Waals surface area contributed by atoms with Gasteiger partial charge in [-0.25, -0.2) is 0 Å². The Balaban J connectivity index is 3.51. The smallest absolute Gasteiger partial charge is 0.136 e. The average molecular weight is 142 g/mol. The maximum atomic E-state index is 11.0. The summed E-state index contributed by atoms with van der Waals surface area (Å²) < 4.78 is 0. The summed E-state index contributed by atoms with van der Waals surface area (Å²) in [6, 6.07) is 0. The highest BCUT2D eigenvalue weighted by molar-refractivity contribution is 5.82. The van der Waals surface area contributed by atoms with Crippen LogP contribution in [0, 0.1) is 5.92 Å². The van der Waals surface area contributed by atoms with Crippen molar-refractivity contribution in [2.45, 2.75) is 33.1 Å². The van der Waals surface area contributed by atoms with E-state index in [2.05, 4.69) is 0 Å². The van der Waals surface area contributed by atoms with Gasteiger partial charge in [0.25, 0.3) is 0 Å². The summed E-state index contributed by atoms with van der Waals surface area (Å²) in [5, 5.41) is 0. The molecule has 0 aliphatic rings. The van der Waals surface area contributed by atoms with Crippen molar-refractivity contribution >= 4 is 12.1 Å². The molecule has 0 unspecified atom stereocenters. The lowest BCUT2D eigenvalue weighted by atomic mass is 10.0. The number of hydrogen-bond acceptors (Lipinski definition) is 2. The number of carbonyl (C=O) groups is 2. The number of ketones is 1. The highest BCUT2D eigenvalue weighted by Gasteiger charge is 2.08. The molecule has 0 aromatic carbocycles. The Morgan fingerprint density at radius 3 is 2.60 bits per heavy atom. The molecule has 0 radical (unpaired) electrons. The third-order valence-corrected chi connectivity index (χ3v) is 1.67. The second-order valence-electron chi connectivity index (χ2n) is 2.48. The molecule has 0 amide bonds. The fourth-order valence-corrected chi connectivity index (χ4v) is 0.675. The van der Waals surface area contributed by atoms with Gasteiger partial charge in [0.1, 0.15) is 12.1 Å². The van der Waals surface area contributed by atoms with Gasteiger partial charge in [-0.15, -0.1) is 0 Å². The summed E-state index contributed by atoms with van der Waals surface area (Å²) in [5.74, 6) is 0.328. The van der Waals surface area contributed by atoms with Crippen molar-refractivity contribution < 1.29 is 9.59 Å². The van der Waals surface area contributed by atoms with E-state index in [1.54, 1.807) is 0 Å². The van der Waals surface area contributed by atoms with E-state index in [0.717, 1.165) is 12.7 Å². The second-order valence-corrected chi connectivity index (χ2v) is 2.48. The second kappa shape index (κ2) is 5.15. The van der Waals surface area contributed by atoms with Crippen molar-refractivity contribution in [2.24, 2.45) is 5.92 Å². The molecule has 0 bridgehead atoms. The van der Waals surface area contributed by atoms with E-state index in [4.69, 9.17) is 0 Å². The fourth-order valence-electron chi connectivity index (χ4n) is 0.675. The summed E-state index contributed by atoms with van der Waals surface area (Å²) in [6.07, 6.45) is 2.46. The molecule has 10 heavy (non-hydrogen) atoms. The van der Waals surface area contributed by atoms with E-state index in [-0.39, 0.29) is 11.7 Å². The molecule has 0 saturated carbocycles. The van der Waals surface area contributed by atoms with E-state index in [1.165, 1.54) is 0 Å². The summed E-state index contributed by atoms with van der Waals surface area (Å²) >= 11 is 0. The molecule has 2 heteroatoms. The highest BCUT2D eigenvalue weighted by Crippen LogP contribution is 2.05. The molecule has 0 aliphatic carbocycles. The Labute approximate surface area is 61.6 Å². The largest absolute Gasteiger partial charge is 0.303 e. The number of hydrogen-bond donors (Lipinski definition) is 0. The molecule has 0 heterocycles. The molecule has 0 aromatic rings. The van der Waals surface area contributed by atoms with Crippen LogP contribution >= 0.6 is 0 Å². The Kier molecular flexibility index (Phi) is 4.81. The average Bonchev–Trinajstić information content (AvgIpc) is 1.98. The molecule has 1 atom stereocenters. The van der Waals surface area contributed by atoms with Crippen LogP contribution < -0.4 is 0 Å². The molecule has 0 fully saturated rings. The van der Waals surface area contributed by atoms with E-state index in [9.17, 15) is 9.59 Å². The maximum absolute atomic E-state index is 11.0. The van der Waals surface area contributed by atoms with E-state index < -0.39 is 0 Å². The first-order chi connectivity index (χ1) is 4.72. The number of carbonyl (C=O) groups excluding carboxylic acids is 2. The molecule has 58 valence electrons. The Hall–Kier alpha value is -0.660. The SMILES string of the molecule is CC[C@H](C)C(=O)CCC=O. The van der Waals surface area contributed by atoms with Gasteiger partial charge in [0.2, 0.25) is 0 Å². The molecule has 0 spiro atoms. The van der Waals surface area contributed by atoms with Crippen LogP contribution in [-0.2, 0) is 9.59 Å². The highest BCUT2D eigenvalue weighted by atomic mass is 16.1. The number of rotatable bonds is 5. The van der Waals surface area contributed by atoms with Crippen LogP contribution in [0.2, 0.25) is 0 Å². The van der Waals surface area contributed by atoms with Crippen molar-refractivity contribution in [1.82, 2.24) is 0 Å². The first kappa shape index (κ1) is 9.34. The van der Waals surface area contributed by atoms with Crippen LogP contribution in [0.25, 0.3) is 0 Å². The summed E-state index contributed by atoms with van der Waals surface area (Å²) in [4.78, 5) is 20.8. The van der Waals surface area contributed by atoms with Gasteiger partial charge in [-0.05, 0) is 6.42 Å². The standard InChI is InChI=1S/C8H14O2/c1-3-7(2)8(10)5-4-6-9/h6-7H,3-5H2,1-2H3/t7-/m0/s1. The van der Waals surface area contributed by atoms with Gasteiger partial charge < -0.3 is 4.79 Å². The lowest BCUT2D eigenvalue weighted by Gasteiger charge is -2.03. The molecule has 0 aliphatic heterocycles. The summed E-state index contributed by atoms with van der Waals surface area (Å²) in [5.41, 5.74) is 0. The van der Waals surface area contributed by atoms with Crippen LogP contribution in [0.5, 0.6) is 0 Å². The Bertz CT molecular complexity index is 118. The zero-order valence-electron chi connectivity index (χ0n) is 6.59. The normalized spacial score (nSPS) is 12.6. The van der Waals surface area contributed by atoms with E-state index in [1.807, 2.05) is 13.8 Å². The van der Waals surface area contributed by atoms with Crippen LogP contribution in [0.4, 0.5) is 0 Å². The van der Waals surface area contributed by atoms with Crippen molar-refractivity contribution in [3.8, 4) is 0 Å². The van der Waals surface area contributed by atoms with Crippen LogP contribution in [0.3, 0.4) is 0 Å². The first-order valence-electron chi connectivity index (χ1n) is 3.68. The number of aldehydes is 1. The molecule has 0 saturated heterocycles. The molecular formula is C8H14O2. The third-order valence-electron chi connectivity index (χ3n) is 1.67. The lowest BCUT2D eigenvalue weighted by Crippen LogP contribution is -2.09. The molecule has 0 aromatic heterocycles. The van der Waals surface area contributed by atoms with Gasteiger partial charge >= 0.3 is 0 Å². The zero-order chi connectivity index (χ0) is 7.98. The van der Waals surface area contributed by atoms with Crippen LogP contribution in [-0.4, -0.2) is 12.1 Å². The topological polar surface area (TPSA) is 34.1 Å². The van der Waals surface area contributed by atoms with Crippen molar-refractivity contribution in [3.63, 3.8) is 0 Å².